The Morgan fingerprint density at radius 3 is 3.13 bits per heavy atom. The average Bonchev–Trinajstić information content (AvgIpc) is 2.85. The highest BCUT2D eigenvalue weighted by molar-refractivity contribution is 7.14. The molecule has 0 spiro atoms. The van der Waals surface area contributed by atoms with Crippen molar-refractivity contribution in [3.8, 4) is 0 Å². The molecule has 2 rings (SSSR count). The number of nitrogens with zero attached hydrogens (tertiary/aromatic N) is 2. The zero-order valence-corrected chi connectivity index (χ0v) is 9.26. The molecule has 2 aromatic rings. The van der Waals surface area contributed by atoms with Crippen LogP contribution in [0.3, 0.4) is 0 Å². The molecule has 78 valence electrons. The zero-order chi connectivity index (χ0) is 10.7. The van der Waals surface area contributed by atoms with Crippen molar-refractivity contribution < 1.29 is 4.79 Å². The molecule has 0 saturated carbocycles. The number of carbonyl (C=O) groups is 1. The molecule has 0 radical (unpaired) electrons. The van der Waals surface area contributed by atoms with Crippen molar-refractivity contribution in [2.45, 2.75) is 6.54 Å². The SMILES string of the molecule is O=C(NCc1ccsc1Cl)n1ccnc1. The van der Waals surface area contributed by atoms with Gasteiger partial charge in [-0.25, -0.2) is 9.78 Å². The first-order chi connectivity index (χ1) is 7.27. The molecule has 0 aliphatic carbocycles. The van der Waals surface area contributed by atoms with Crippen LogP contribution < -0.4 is 5.32 Å². The van der Waals surface area contributed by atoms with Crippen LogP contribution in [0.25, 0.3) is 0 Å². The van der Waals surface area contributed by atoms with Gasteiger partial charge in [-0.05, 0) is 11.4 Å². The lowest BCUT2D eigenvalue weighted by atomic mass is 10.3. The summed E-state index contributed by atoms with van der Waals surface area (Å²) in [7, 11) is 0. The molecule has 6 heteroatoms. The van der Waals surface area contributed by atoms with Crippen LogP contribution in [0.4, 0.5) is 4.79 Å². The summed E-state index contributed by atoms with van der Waals surface area (Å²) in [6.07, 6.45) is 4.59. The largest absolute Gasteiger partial charge is 0.333 e. The molecular weight excluding hydrogens is 234 g/mol. The lowest BCUT2D eigenvalue weighted by molar-refractivity contribution is 0.242. The molecule has 0 bridgehead atoms. The summed E-state index contributed by atoms with van der Waals surface area (Å²) in [5, 5.41) is 4.62. The number of nitrogens with one attached hydrogen (secondary N) is 1. The highest BCUT2D eigenvalue weighted by Crippen LogP contribution is 2.22. The van der Waals surface area contributed by atoms with Crippen LogP contribution in [0.1, 0.15) is 5.56 Å². The van der Waals surface area contributed by atoms with E-state index in [9.17, 15) is 4.79 Å². The van der Waals surface area contributed by atoms with Gasteiger partial charge in [-0.3, -0.25) is 4.57 Å². The van der Waals surface area contributed by atoms with Crippen LogP contribution in [-0.4, -0.2) is 15.6 Å². The first-order valence-electron chi connectivity index (χ1n) is 4.25. The van der Waals surface area contributed by atoms with Gasteiger partial charge in [0.15, 0.2) is 0 Å². The second-order valence-corrected chi connectivity index (χ2v) is 4.37. The van der Waals surface area contributed by atoms with Gasteiger partial charge >= 0.3 is 6.03 Å². The van der Waals surface area contributed by atoms with Crippen LogP contribution in [0.15, 0.2) is 30.2 Å². The fraction of sp³-hybridized carbons (Fsp3) is 0.111. The van der Waals surface area contributed by atoms with Crippen LogP contribution in [0.2, 0.25) is 4.34 Å². The minimum absolute atomic E-state index is 0.213. The van der Waals surface area contributed by atoms with Crippen molar-refractivity contribution in [3.63, 3.8) is 0 Å². The first kappa shape index (κ1) is 10.2. The molecule has 1 N–H and O–H groups in total. The Labute approximate surface area is 95.5 Å². The van der Waals surface area contributed by atoms with Crippen LogP contribution in [-0.2, 0) is 6.54 Å². The second kappa shape index (κ2) is 4.46. The Bertz CT molecular complexity index is 452. The summed E-state index contributed by atoms with van der Waals surface area (Å²) in [6, 6.07) is 1.68. The van der Waals surface area contributed by atoms with Gasteiger partial charge in [0, 0.05) is 24.5 Å². The van der Waals surface area contributed by atoms with E-state index in [1.165, 1.54) is 22.2 Å². The summed E-state index contributed by atoms with van der Waals surface area (Å²) in [6.45, 7) is 0.430. The zero-order valence-electron chi connectivity index (χ0n) is 7.68. The van der Waals surface area contributed by atoms with Crippen molar-refractivity contribution in [1.82, 2.24) is 14.9 Å². The summed E-state index contributed by atoms with van der Waals surface area (Å²) in [5.74, 6) is 0. The molecule has 0 aliphatic heterocycles. The molecule has 0 aliphatic rings. The van der Waals surface area contributed by atoms with Crippen LogP contribution in [0, 0.1) is 0 Å². The Balaban J connectivity index is 1.95. The number of hydrogen-bond donors (Lipinski definition) is 1. The number of amides is 1. The standard InChI is InChI=1S/C9H8ClN3OS/c10-8-7(1-4-15-8)5-12-9(14)13-3-2-11-6-13/h1-4,6H,5H2,(H,12,14). The maximum Gasteiger partial charge on any atom is 0.327 e. The summed E-state index contributed by atoms with van der Waals surface area (Å²) >= 11 is 7.34. The van der Waals surface area contributed by atoms with E-state index >= 15 is 0 Å². The Kier molecular flexibility index (Phi) is 3.03. The fourth-order valence-electron chi connectivity index (χ4n) is 1.09. The van der Waals surface area contributed by atoms with Crippen molar-refractivity contribution in [2.75, 3.05) is 0 Å². The molecule has 0 aromatic carbocycles. The number of hydrogen-bond acceptors (Lipinski definition) is 3. The normalized spacial score (nSPS) is 10.2. The van der Waals surface area contributed by atoms with Gasteiger partial charge in [-0.15, -0.1) is 11.3 Å². The fourth-order valence-corrected chi connectivity index (χ4v) is 2.01. The number of imidazole rings is 1. The van der Waals surface area contributed by atoms with Crippen molar-refractivity contribution in [1.29, 1.82) is 0 Å². The lowest BCUT2D eigenvalue weighted by Gasteiger charge is -2.03. The quantitative estimate of drug-likeness (QED) is 0.878. The maximum atomic E-state index is 11.5. The van der Waals surface area contributed by atoms with E-state index in [0.29, 0.717) is 10.9 Å². The molecule has 4 nitrogen and oxygen atoms in total. The second-order valence-electron chi connectivity index (χ2n) is 2.85. The third-order valence-corrected chi connectivity index (χ3v) is 3.11. The highest BCUT2D eigenvalue weighted by Gasteiger charge is 2.05. The van der Waals surface area contributed by atoms with E-state index in [1.54, 1.807) is 12.4 Å². The molecule has 2 heterocycles. The van der Waals surface area contributed by atoms with Crippen LogP contribution in [0.5, 0.6) is 0 Å². The molecular formula is C9H8ClN3OS. The number of halogens is 1. The minimum atomic E-state index is -0.213. The van der Waals surface area contributed by atoms with Gasteiger partial charge < -0.3 is 5.32 Å². The molecule has 0 atom stereocenters. The topological polar surface area (TPSA) is 46.9 Å². The Morgan fingerprint density at radius 1 is 1.67 bits per heavy atom. The van der Waals surface area contributed by atoms with Gasteiger partial charge in [-0.2, -0.15) is 0 Å². The monoisotopic (exact) mass is 241 g/mol. The predicted octanol–water partition coefficient (Wildman–Crippen LogP) is 2.36. The van der Waals surface area contributed by atoms with Crippen molar-refractivity contribution in [2.24, 2.45) is 0 Å². The Morgan fingerprint density at radius 2 is 2.53 bits per heavy atom. The van der Waals surface area contributed by atoms with Gasteiger partial charge in [-0.1, -0.05) is 11.6 Å². The molecule has 0 saturated heterocycles. The van der Waals surface area contributed by atoms with E-state index in [2.05, 4.69) is 10.3 Å². The maximum absolute atomic E-state index is 11.5. The first-order valence-corrected chi connectivity index (χ1v) is 5.51. The summed E-state index contributed by atoms with van der Waals surface area (Å²) < 4.78 is 2.08. The van der Waals surface area contributed by atoms with E-state index in [0.717, 1.165) is 5.56 Å². The summed E-state index contributed by atoms with van der Waals surface area (Å²) in [5.41, 5.74) is 0.926. The number of rotatable bonds is 2. The molecule has 0 fully saturated rings. The Hall–Kier alpha value is -1.33. The number of carbonyl (C=O) groups excluding carboxylic acids is 1. The lowest BCUT2D eigenvalue weighted by Crippen LogP contribution is -2.26. The van der Waals surface area contributed by atoms with E-state index in [1.807, 2.05) is 11.4 Å². The third kappa shape index (κ3) is 2.37. The van der Waals surface area contributed by atoms with Gasteiger partial charge in [0.2, 0.25) is 0 Å². The van der Waals surface area contributed by atoms with Crippen LogP contribution >= 0.6 is 22.9 Å². The van der Waals surface area contributed by atoms with Crippen molar-refractivity contribution >= 4 is 29.0 Å². The highest BCUT2D eigenvalue weighted by atomic mass is 35.5. The van der Waals surface area contributed by atoms with Gasteiger partial charge in [0.1, 0.15) is 6.33 Å². The van der Waals surface area contributed by atoms with E-state index in [-0.39, 0.29) is 6.03 Å². The average molecular weight is 242 g/mol. The van der Waals surface area contributed by atoms with Gasteiger partial charge in [0.05, 0.1) is 4.34 Å². The molecule has 2 aromatic heterocycles. The molecule has 1 amide bonds. The van der Waals surface area contributed by atoms with Crippen molar-refractivity contribution in [3.05, 3.63) is 40.1 Å². The van der Waals surface area contributed by atoms with Gasteiger partial charge in [0.25, 0.3) is 0 Å². The smallest absolute Gasteiger partial charge is 0.327 e. The van der Waals surface area contributed by atoms with E-state index in [4.69, 9.17) is 11.6 Å². The minimum Gasteiger partial charge on any atom is -0.333 e. The predicted molar refractivity (Wildman–Crippen MR) is 59.2 cm³/mol. The van der Waals surface area contributed by atoms with E-state index < -0.39 is 0 Å². The third-order valence-electron chi connectivity index (χ3n) is 1.86. The number of aromatic nitrogens is 2. The molecule has 0 unspecified atom stereocenters. The molecule has 15 heavy (non-hydrogen) atoms. The number of thiophene rings is 1. The summed E-state index contributed by atoms with van der Waals surface area (Å²) in [4.78, 5) is 15.3.